The molecule has 9 heteroatoms. The average molecular weight is 395 g/mol. The van der Waals surface area contributed by atoms with Crippen LogP contribution in [0.15, 0.2) is 23.7 Å². The smallest absolute Gasteiger partial charge is 0.412 e. The van der Waals surface area contributed by atoms with Crippen LogP contribution in [0.4, 0.5) is 4.79 Å². The van der Waals surface area contributed by atoms with E-state index in [2.05, 4.69) is 20.6 Å². The summed E-state index contributed by atoms with van der Waals surface area (Å²) in [5.74, 6) is 0.668. The molecule has 2 N–H and O–H groups in total. The fraction of sp³-hybridized carbons (Fsp3) is 0.737. The van der Waals surface area contributed by atoms with E-state index >= 15 is 0 Å². The molecule has 1 aliphatic rings. The van der Waals surface area contributed by atoms with Gasteiger partial charge < -0.3 is 24.7 Å². The fourth-order valence-corrected chi connectivity index (χ4v) is 3.27. The summed E-state index contributed by atoms with van der Waals surface area (Å²) >= 11 is 0. The first-order chi connectivity index (χ1) is 13.0. The summed E-state index contributed by atoms with van der Waals surface area (Å²) in [6, 6.07) is -0.183. The average Bonchev–Trinajstić information content (AvgIpc) is 3.14. The van der Waals surface area contributed by atoms with Crippen LogP contribution < -0.4 is 10.6 Å². The molecule has 0 spiro atoms. The lowest BCUT2D eigenvalue weighted by Crippen LogP contribution is -2.54. The van der Waals surface area contributed by atoms with Crippen molar-refractivity contribution < 1.29 is 14.3 Å². The summed E-state index contributed by atoms with van der Waals surface area (Å²) in [6.07, 6.45) is 4.92. The summed E-state index contributed by atoms with van der Waals surface area (Å²) in [6.45, 7) is 13.3. The summed E-state index contributed by atoms with van der Waals surface area (Å²) in [5.41, 5.74) is -1.31. The highest BCUT2D eigenvalue weighted by Crippen LogP contribution is 2.33. The van der Waals surface area contributed by atoms with Crippen molar-refractivity contribution in [2.45, 2.75) is 71.6 Å². The molecule has 0 radical (unpaired) electrons. The van der Waals surface area contributed by atoms with Crippen molar-refractivity contribution in [1.82, 2.24) is 25.1 Å². The summed E-state index contributed by atoms with van der Waals surface area (Å²) in [4.78, 5) is 22.7. The summed E-state index contributed by atoms with van der Waals surface area (Å²) in [5, 5.41) is 6.56. The number of hydrogen-bond donors (Lipinski definition) is 2. The number of nitrogens with zero attached hydrogens (tertiary/aromatic N) is 4. The van der Waals surface area contributed by atoms with Gasteiger partial charge in [-0.15, -0.1) is 0 Å². The van der Waals surface area contributed by atoms with Crippen LogP contribution in [0.2, 0.25) is 0 Å². The molecule has 28 heavy (non-hydrogen) atoms. The Morgan fingerprint density at radius 3 is 2.64 bits per heavy atom. The first kappa shape index (κ1) is 22.0. The number of hydrogen-bond acceptors (Lipinski definition) is 5. The van der Waals surface area contributed by atoms with E-state index < -0.39 is 11.3 Å². The molecule has 1 saturated heterocycles. The summed E-state index contributed by atoms with van der Waals surface area (Å²) in [7, 11) is 1.72. The van der Waals surface area contributed by atoms with Crippen molar-refractivity contribution in [2.75, 3.05) is 20.1 Å². The standard InChI is InChI=1S/C19H34N6O3/c1-14-15(25(19(5,6)27-14)17(26)28-18(2,3)4)12-23-16(20-7)22-9-11-24-10-8-21-13-24/h8,10,13-15H,9,11-12H2,1-7H3,(H2,20,22,23). The van der Waals surface area contributed by atoms with Gasteiger partial charge in [0.05, 0.1) is 18.5 Å². The third kappa shape index (κ3) is 5.85. The molecule has 0 saturated carbocycles. The number of carbonyl (C=O) groups excluding carboxylic acids is 1. The van der Waals surface area contributed by atoms with Gasteiger partial charge in [-0.05, 0) is 41.5 Å². The van der Waals surface area contributed by atoms with Crippen LogP contribution in [0.25, 0.3) is 0 Å². The van der Waals surface area contributed by atoms with Crippen molar-refractivity contribution >= 4 is 12.1 Å². The minimum absolute atomic E-state index is 0.140. The number of amides is 1. The van der Waals surface area contributed by atoms with E-state index in [0.29, 0.717) is 19.0 Å². The maximum absolute atomic E-state index is 12.8. The second kappa shape index (κ2) is 8.81. The molecule has 0 aromatic carbocycles. The second-order valence-electron chi connectivity index (χ2n) is 8.37. The van der Waals surface area contributed by atoms with Gasteiger partial charge in [-0.2, -0.15) is 0 Å². The van der Waals surface area contributed by atoms with Gasteiger partial charge in [-0.25, -0.2) is 9.78 Å². The largest absolute Gasteiger partial charge is 0.444 e. The Balaban J connectivity index is 1.95. The Bertz CT molecular complexity index is 666. The SMILES string of the molecule is CN=C(NCCn1ccnc1)NCC1C(C)OC(C)(C)N1C(=O)OC(C)(C)C. The van der Waals surface area contributed by atoms with Crippen molar-refractivity contribution in [2.24, 2.45) is 4.99 Å². The lowest BCUT2D eigenvalue weighted by atomic mass is 10.1. The fourth-order valence-electron chi connectivity index (χ4n) is 3.27. The Morgan fingerprint density at radius 1 is 1.36 bits per heavy atom. The van der Waals surface area contributed by atoms with E-state index in [1.165, 1.54) is 0 Å². The van der Waals surface area contributed by atoms with Crippen LogP contribution in [-0.4, -0.2) is 70.1 Å². The molecule has 1 fully saturated rings. The number of imidazole rings is 1. The third-order valence-electron chi connectivity index (χ3n) is 4.44. The molecule has 158 valence electrons. The van der Waals surface area contributed by atoms with Gasteiger partial charge in [-0.3, -0.25) is 9.89 Å². The van der Waals surface area contributed by atoms with E-state index in [0.717, 1.165) is 6.54 Å². The Morgan fingerprint density at radius 2 is 2.07 bits per heavy atom. The van der Waals surface area contributed by atoms with Gasteiger partial charge in [0.2, 0.25) is 0 Å². The Hall–Kier alpha value is -2.29. The quantitative estimate of drug-likeness (QED) is 0.584. The van der Waals surface area contributed by atoms with Gasteiger partial charge in [0.25, 0.3) is 0 Å². The minimum Gasteiger partial charge on any atom is -0.444 e. The number of rotatable bonds is 5. The minimum atomic E-state index is -0.744. The van der Waals surface area contributed by atoms with E-state index in [-0.39, 0.29) is 18.2 Å². The van der Waals surface area contributed by atoms with Crippen LogP contribution in [0.5, 0.6) is 0 Å². The van der Waals surface area contributed by atoms with E-state index in [1.807, 2.05) is 52.3 Å². The molecule has 2 unspecified atom stereocenters. The Labute approximate surface area is 167 Å². The first-order valence-corrected chi connectivity index (χ1v) is 9.64. The third-order valence-corrected chi connectivity index (χ3v) is 4.44. The predicted octanol–water partition coefficient (Wildman–Crippen LogP) is 1.81. The van der Waals surface area contributed by atoms with Crippen molar-refractivity contribution in [3.8, 4) is 0 Å². The van der Waals surface area contributed by atoms with E-state index in [9.17, 15) is 4.79 Å². The topological polar surface area (TPSA) is 93.0 Å². The molecule has 2 atom stereocenters. The van der Waals surface area contributed by atoms with Crippen LogP contribution in [0.3, 0.4) is 0 Å². The van der Waals surface area contributed by atoms with Gasteiger partial charge in [0.1, 0.15) is 11.3 Å². The monoisotopic (exact) mass is 394 g/mol. The van der Waals surface area contributed by atoms with Gasteiger partial charge in [0, 0.05) is 39.1 Å². The lowest BCUT2D eigenvalue weighted by molar-refractivity contribution is -0.0755. The summed E-state index contributed by atoms with van der Waals surface area (Å²) < 4.78 is 13.6. The van der Waals surface area contributed by atoms with Crippen molar-refractivity contribution in [1.29, 1.82) is 0 Å². The van der Waals surface area contributed by atoms with Gasteiger partial charge in [-0.1, -0.05) is 0 Å². The van der Waals surface area contributed by atoms with Crippen LogP contribution >= 0.6 is 0 Å². The zero-order valence-corrected chi connectivity index (χ0v) is 18.0. The second-order valence-corrected chi connectivity index (χ2v) is 8.37. The molecule has 1 amide bonds. The number of aliphatic imine (C=N–C) groups is 1. The molecule has 2 heterocycles. The molecule has 0 aliphatic carbocycles. The number of guanidine groups is 1. The zero-order valence-electron chi connectivity index (χ0n) is 18.0. The Kier molecular flexibility index (Phi) is 6.92. The maximum Gasteiger partial charge on any atom is 0.412 e. The maximum atomic E-state index is 12.8. The number of ether oxygens (including phenoxy) is 2. The van der Waals surface area contributed by atoms with Crippen molar-refractivity contribution in [3.05, 3.63) is 18.7 Å². The highest BCUT2D eigenvalue weighted by atomic mass is 16.6. The number of aromatic nitrogens is 2. The molecule has 0 bridgehead atoms. The van der Waals surface area contributed by atoms with Crippen molar-refractivity contribution in [3.63, 3.8) is 0 Å². The number of nitrogens with one attached hydrogen (secondary N) is 2. The molecule has 1 aromatic rings. The molecule has 2 rings (SSSR count). The van der Waals surface area contributed by atoms with E-state index in [1.54, 1.807) is 24.5 Å². The normalized spacial score (nSPS) is 22.2. The van der Waals surface area contributed by atoms with E-state index in [4.69, 9.17) is 9.47 Å². The highest BCUT2D eigenvalue weighted by molar-refractivity contribution is 5.79. The van der Waals surface area contributed by atoms with Crippen LogP contribution in [0.1, 0.15) is 41.5 Å². The molecule has 9 nitrogen and oxygen atoms in total. The first-order valence-electron chi connectivity index (χ1n) is 9.64. The van der Waals surface area contributed by atoms with Gasteiger partial charge >= 0.3 is 6.09 Å². The predicted molar refractivity (Wildman–Crippen MR) is 108 cm³/mol. The molecular formula is C19H34N6O3. The van der Waals surface area contributed by atoms with Gasteiger partial charge in [0.15, 0.2) is 5.96 Å². The molecule has 1 aromatic heterocycles. The molecule has 1 aliphatic heterocycles. The van der Waals surface area contributed by atoms with Crippen LogP contribution in [-0.2, 0) is 16.0 Å². The highest BCUT2D eigenvalue weighted by Gasteiger charge is 2.49. The van der Waals surface area contributed by atoms with Crippen LogP contribution in [0, 0.1) is 0 Å². The molecular weight excluding hydrogens is 360 g/mol. The lowest BCUT2D eigenvalue weighted by Gasteiger charge is -2.35. The number of carbonyl (C=O) groups is 1. The zero-order chi connectivity index (χ0) is 20.9.